The van der Waals surface area contributed by atoms with Gasteiger partial charge in [-0.05, 0) is 71.3 Å². The van der Waals surface area contributed by atoms with Crippen LogP contribution in [-0.4, -0.2) is 70.6 Å². The minimum Gasteiger partial charge on any atom is -0.459 e. The maximum atomic E-state index is 13.1. The van der Waals surface area contributed by atoms with E-state index >= 15 is 0 Å². The van der Waals surface area contributed by atoms with Gasteiger partial charge in [-0.3, -0.25) is 14.2 Å². The quantitative estimate of drug-likeness (QED) is 0.546. The average Bonchev–Trinajstić information content (AvgIpc) is 3.13. The van der Waals surface area contributed by atoms with Gasteiger partial charge in [0.25, 0.3) is 5.91 Å². The Morgan fingerprint density at radius 3 is 2.32 bits per heavy atom. The second kappa shape index (κ2) is 9.31. The third kappa shape index (κ3) is 5.92. The first-order valence-corrected chi connectivity index (χ1v) is 10.3. The first-order chi connectivity index (χ1) is 14.6. The van der Waals surface area contributed by atoms with Crippen molar-refractivity contribution in [2.45, 2.75) is 26.4 Å². The number of carbonyl (C=O) groups excluding carboxylic acids is 2. The number of rotatable bonds is 7. The number of hydrogen-bond acceptors (Lipinski definition) is 5. The van der Waals surface area contributed by atoms with Gasteiger partial charge in [-0.1, -0.05) is 12.1 Å². The Morgan fingerprint density at radius 1 is 1.00 bits per heavy atom. The van der Waals surface area contributed by atoms with Crippen molar-refractivity contribution >= 4 is 22.9 Å². The number of ether oxygens (including phenoxy) is 1. The average molecular weight is 423 g/mol. The van der Waals surface area contributed by atoms with E-state index in [4.69, 9.17) is 4.74 Å². The topological polar surface area (TPSA) is 67.7 Å². The van der Waals surface area contributed by atoms with Crippen molar-refractivity contribution in [1.82, 2.24) is 19.4 Å². The van der Waals surface area contributed by atoms with Gasteiger partial charge in [0.1, 0.15) is 18.5 Å². The zero-order valence-electron chi connectivity index (χ0n) is 18.8. The van der Waals surface area contributed by atoms with Gasteiger partial charge in [-0.2, -0.15) is 0 Å². The summed E-state index contributed by atoms with van der Waals surface area (Å²) in [4.78, 5) is 33.4. The van der Waals surface area contributed by atoms with Gasteiger partial charge in [-0.15, -0.1) is 0 Å². The smallest absolute Gasteiger partial charge is 0.326 e. The molecule has 0 spiro atoms. The molecule has 0 atom stereocenters. The van der Waals surface area contributed by atoms with Crippen LogP contribution < -0.4 is 0 Å². The molecule has 3 rings (SSSR count). The van der Waals surface area contributed by atoms with Crippen molar-refractivity contribution in [1.29, 1.82) is 0 Å². The summed E-state index contributed by atoms with van der Waals surface area (Å²) in [5.74, 6) is -0.615. The number of esters is 1. The number of aromatic nitrogens is 2. The predicted octanol–water partition coefficient (Wildman–Crippen LogP) is 3.37. The standard InChI is InChI=1S/C24H30N4O3/c1-24(2,3)31-22(29)16-27(15-14-26(4)5)23(30)18-10-12-19(13-11-18)28-17-25-20-8-6-7-9-21(20)28/h6-13,17H,14-16H2,1-5H3. The fraction of sp³-hybridized carbons (Fsp3) is 0.375. The molecule has 31 heavy (non-hydrogen) atoms. The summed E-state index contributed by atoms with van der Waals surface area (Å²) in [5, 5.41) is 0. The molecule has 0 bridgehead atoms. The van der Waals surface area contributed by atoms with Gasteiger partial charge in [0.05, 0.1) is 11.0 Å². The highest BCUT2D eigenvalue weighted by Gasteiger charge is 2.23. The molecule has 7 heteroatoms. The molecule has 7 nitrogen and oxygen atoms in total. The van der Waals surface area contributed by atoms with E-state index in [0.717, 1.165) is 16.7 Å². The zero-order valence-corrected chi connectivity index (χ0v) is 18.8. The molecule has 1 heterocycles. The lowest BCUT2D eigenvalue weighted by Crippen LogP contribution is -2.42. The van der Waals surface area contributed by atoms with Gasteiger partial charge >= 0.3 is 5.97 Å². The summed E-state index contributed by atoms with van der Waals surface area (Å²) < 4.78 is 7.39. The third-order valence-corrected chi connectivity index (χ3v) is 4.69. The van der Waals surface area contributed by atoms with Gasteiger partial charge in [0, 0.05) is 24.3 Å². The number of carbonyl (C=O) groups is 2. The lowest BCUT2D eigenvalue weighted by Gasteiger charge is -2.26. The highest BCUT2D eigenvalue weighted by Crippen LogP contribution is 2.19. The monoisotopic (exact) mass is 422 g/mol. The van der Waals surface area contributed by atoms with Crippen molar-refractivity contribution in [2.75, 3.05) is 33.7 Å². The highest BCUT2D eigenvalue weighted by molar-refractivity contribution is 5.96. The molecule has 2 aromatic carbocycles. The van der Waals surface area contributed by atoms with Crippen molar-refractivity contribution in [2.24, 2.45) is 0 Å². The minimum atomic E-state index is -0.595. The van der Waals surface area contributed by atoms with Gasteiger partial charge in [0.2, 0.25) is 0 Å². The van der Waals surface area contributed by atoms with E-state index in [9.17, 15) is 9.59 Å². The molecule has 0 radical (unpaired) electrons. The maximum Gasteiger partial charge on any atom is 0.326 e. The first kappa shape index (κ1) is 22.5. The van der Waals surface area contributed by atoms with Crippen molar-refractivity contribution < 1.29 is 14.3 Å². The van der Waals surface area contributed by atoms with Crippen LogP contribution in [0.15, 0.2) is 54.9 Å². The fourth-order valence-corrected chi connectivity index (χ4v) is 3.21. The van der Waals surface area contributed by atoms with E-state index in [1.54, 1.807) is 18.5 Å². The Hall–Kier alpha value is -3.19. The number of hydrogen-bond donors (Lipinski definition) is 0. The van der Waals surface area contributed by atoms with Crippen LogP contribution in [0.1, 0.15) is 31.1 Å². The molecule has 0 aliphatic rings. The van der Waals surface area contributed by atoms with Crippen LogP contribution in [0.25, 0.3) is 16.7 Å². The van der Waals surface area contributed by atoms with E-state index in [0.29, 0.717) is 18.7 Å². The Labute approximate surface area is 183 Å². The van der Waals surface area contributed by atoms with E-state index in [2.05, 4.69) is 4.98 Å². The molecule has 164 valence electrons. The summed E-state index contributed by atoms with van der Waals surface area (Å²) in [6, 6.07) is 15.2. The highest BCUT2D eigenvalue weighted by atomic mass is 16.6. The number of amides is 1. The van der Waals surface area contributed by atoms with Gasteiger partial charge in [0.15, 0.2) is 0 Å². The van der Waals surface area contributed by atoms with Crippen LogP contribution in [0.5, 0.6) is 0 Å². The molecular weight excluding hydrogens is 392 g/mol. The Morgan fingerprint density at radius 2 is 1.68 bits per heavy atom. The number of para-hydroxylation sites is 2. The second-order valence-corrected chi connectivity index (χ2v) is 8.77. The van der Waals surface area contributed by atoms with Crippen molar-refractivity contribution in [3.05, 3.63) is 60.4 Å². The van der Waals surface area contributed by atoms with E-state index in [-0.39, 0.29) is 12.5 Å². The van der Waals surface area contributed by atoms with Crippen molar-refractivity contribution in [3.8, 4) is 5.69 Å². The molecule has 0 saturated carbocycles. The molecule has 0 aliphatic heterocycles. The number of fused-ring (bicyclic) bond motifs is 1. The predicted molar refractivity (Wildman–Crippen MR) is 121 cm³/mol. The van der Waals surface area contributed by atoms with Crippen LogP contribution in [0.2, 0.25) is 0 Å². The molecule has 1 amide bonds. The van der Waals surface area contributed by atoms with E-state index in [1.165, 1.54) is 4.90 Å². The molecule has 0 aliphatic carbocycles. The Kier molecular flexibility index (Phi) is 6.75. The molecule has 1 aromatic heterocycles. The fourth-order valence-electron chi connectivity index (χ4n) is 3.21. The van der Waals surface area contributed by atoms with Gasteiger partial charge < -0.3 is 14.5 Å². The summed E-state index contributed by atoms with van der Waals surface area (Å²) in [5.41, 5.74) is 2.75. The molecule has 0 saturated heterocycles. The summed E-state index contributed by atoms with van der Waals surface area (Å²) in [6.07, 6.45) is 1.77. The van der Waals surface area contributed by atoms with E-state index in [1.807, 2.05) is 80.7 Å². The van der Waals surface area contributed by atoms with Crippen LogP contribution >= 0.6 is 0 Å². The maximum absolute atomic E-state index is 13.1. The Bertz CT molecular complexity index is 1050. The Balaban J connectivity index is 1.79. The molecule has 0 N–H and O–H groups in total. The largest absolute Gasteiger partial charge is 0.459 e. The lowest BCUT2D eigenvalue weighted by atomic mass is 10.1. The van der Waals surface area contributed by atoms with Crippen molar-refractivity contribution in [3.63, 3.8) is 0 Å². The van der Waals surface area contributed by atoms with Crippen LogP contribution in [0.4, 0.5) is 0 Å². The summed E-state index contributed by atoms with van der Waals surface area (Å²) >= 11 is 0. The zero-order chi connectivity index (χ0) is 22.6. The lowest BCUT2D eigenvalue weighted by molar-refractivity contribution is -0.155. The first-order valence-electron chi connectivity index (χ1n) is 10.3. The third-order valence-electron chi connectivity index (χ3n) is 4.69. The number of imidazole rings is 1. The van der Waals surface area contributed by atoms with E-state index < -0.39 is 11.6 Å². The van der Waals surface area contributed by atoms with Crippen LogP contribution in [-0.2, 0) is 9.53 Å². The summed E-state index contributed by atoms with van der Waals surface area (Å²) in [7, 11) is 3.86. The normalized spacial score (nSPS) is 11.7. The molecule has 0 unspecified atom stereocenters. The molecule has 0 fully saturated rings. The van der Waals surface area contributed by atoms with Crippen LogP contribution in [0, 0.1) is 0 Å². The minimum absolute atomic E-state index is 0.0855. The summed E-state index contributed by atoms with van der Waals surface area (Å²) in [6.45, 7) is 6.44. The second-order valence-electron chi connectivity index (χ2n) is 8.77. The SMILES string of the molecule is CN(C)CCN(CC(=O)OC(C)(C)C)C(=O)c1ccc(-n2cnc3ccccc32)cc1. The number of nitrogens with zero attached hydrogens (tertiary/aromatic N) is 4. The van der Waals surface area contributed by atoms with Crippen LogP contribution in [0.3, 0.4) is 0 Å². The van der Waals surface area contributed by atoms with Gasteiger partial charge in [-0.25, -0.2) is 4.98 Å². The number of benzene rings is 2. The molecule has 3 aromatic rings. The number of likely N-dealkylation sites (N-methyl/N-ethyl adjacent to an activating group) is 1. The molecular formula is C24H30N4O3.